The minimum absolute atomic E-state index is 0.0451. The number of ketones is 1. The van der Waals surface area contributed by atoms with E-state index in [2.05, 4.69) is 4.74 Å². The first-order valence-electron chi connectivity index (χ1n) is 4.26. The summed E-state index contributed by atoms with van der Waals surface area (Å²) < 4.78 is 2.37. The minimum Gasteiger partial charge on any atom is -0.465 e. The van der Waals surface area contributed by atoms with Gasteiger partial charge in [-0.05, 0) is 18.2 Å². The van der Waals surface area contributed by atoms with E-state index in [0.717, 1.165) is 0 Å². The molecule has 0 aliphatic rings. The number of hydrogen-bond acceptors (Lipinski definition) is 3. The van der Waals surface area contributed by atoms with Gasteiger partial charge in [0, 0.05) is 10.6 Å². The molecule has 0 radical (unpaired) electrons. The van der Waals surface area contributed by atoms with Crippen LogP contribution in [0.1, 0.15) is 20.7 Å². The molecule has 0 heterocycles. The summed E-state index contributed by atoms with van der Waals surface area (Å²) in [5.74, 6) is -1.55. The molecule has 0 saturated heterocycles. The zero-order valence-electron chi connectivity index (χ0n) is 8.47. The molecule has 3 nitrogen and oxygen atoms in total. The highest BCUT2D eigenvalue weighted by atomic mass is 35.6. The van der Waals surface area contributed by atoms with Crippen LogP contribution in [0.5, 0.6) is 0 Å². The lowest BCUT2D eigenvalue weighted by Gasteiger charge is -2.12. The molecule has 0 spiro atoms. The van der Waals surface area contributed by atoms with Crippen LogP contribution in [0.4, 0.5) is 0 Å². The van der Waals surface area contributed by atoms with Gasteiger partial charge in [0.15, 0.2) is 0 Å². The summed E-state index contributed by atoms with van der Waals surface area (Å²) in [7, 11) is 1.17. The van der Waals surface area contributed by atoms with E-state index in [1.807, 2.05) is 0 Å². The Bertz CT molecular complexity index is 465. The molecule has 1 aromatic carbocycles. The topological polar surface area (TPSA) is 43.4 Å². The number of carbonyl (C=O) groups is 2. The van der Waals surface area contributed by atoms with Crippen molar-refractivity contribution >= 4 is 58.2 Å². The Morgan fingerprint density at radius 2 is 1.76 bits per heavy atom. The Hall–Kier alpha value is -0.480. The quantitative estimate of drug-likeness (QED) is 0.475. The van der Waals surface area contributed by atoms with Crippen molar-refractivity contribution in [3.8, 4) is 0 Å². The first-order valence-corrected chi connectivity index (χ1v) is 5.78. The van der Waals surface area contributed by atoms with Gasteiger partial charge >= 0.3 is 5.97 Å². The number of benzene rings is 1. The molecule has 0 aliphatic carbocycles. The highest BCUT2D eigenvalue weighted by molar-refractivity contribution is 6.77. The zero-order chi connectivity index (χ0) is 13.2. The van der Waals surface area contributed by atoms with Gasteiger partial charge in [0.2, 0.25) is 5.78 Å². The predicted octanol–water partition coefficient (Wildman–Crippen LogP) is 3.68. The van der Waals surface area contributed by atoms with Crippen molar-refractivity contribution in [3.63, 3.8) is 0 Å². The molecule has 1 aromatic rings. The van der Waals surface area contributed by atoms with Crippen LogP contribution >= 0.6 is 46.4 Å². The molecule has 0 fully saturated rings. The van der Waals surface area contributed by atoms with Crippen molar-refractivity contribution in [2.45, 2.75) is 3.79 Å². The normalized spacial score (nSPS) is 11.1. The van der Waals surface area contributed by atoms with Gasteiger partial charge in [0.1, 0.15) is 0 Å². The monoisotopic (exact) mass is 314 g/mol. The highest BCUT2D eigenvalue weighted by Crippen LogP contribution is 2.32. The predicted molar refractivity (Wildman–Crippen MR) is 67.4 cm³/mol. The van der Waals surface area contributed by atoms with Crippen LogP contribution < -0.4 is 0 Å². The Morgan fingerprint density at radius 1 is 1.18 bits per heavy atom. The summed E-state index contributed by atoms with van der Waals surface area (Å²) in [6.45, 7) is 0. The first kappa shape index (κ1) is 14.6. The molecule has 0 aromatic heterocycles. The molecule has 7 heteroatoms. The third-order valence-corrected chi connectivity index (χ3v) is 2.64. The zero-order valence-corrected chi connectivity index (χ0v) is 11.5. The van der Waals surface area contributed by atoms with E-state index in [-0.39, 0.29) is 16.1 Å². The molecule has 1 rings (SSSR count). The van der Waals surface area contributed by atoms with Crippen LogP contribution in [0.3, 0.4) is 0 Å². The molecule has 0 unspecified atom stereocenters. The number of hydrogen-bond donors (Lipinski definition) is 0. The summed E-state index contributed by atoms with van der Waals surface area (Å²) in [6, 6.07) is 3.99. The molecule has 0 saturated carbocycles. The molecule has 0 aliphatic heterocycles. The maximum atomic E-state index is 11.8. The number of ether oxygens (including phenoxy) is 1. The van der Waals surface area contributed by atoms with Crippen LogP contribution in [-0.4, -0.2) is 22.7 Å². The van der Waals surface area contributed by atoms with E-state index < -0.39 is 15.5 Å². The standard InChI is InChI=1S/C10H6Cl4O3/c1-17-9(16)7-4-5(11)2-3-6(7)8(15)10(12,13)14/h2-4H,1H3. The van der Waals surface area contributed by atoms with E-state index >= 15 is 0 Å². The van der Waals surface area contributed by atoms with Crippen molar-refractivity contribution in [2.24, 2.45) is 0 Å². The van der Waals surface area contributed by atoms with Crippen LogP contribution in [0.2, 0.25) is 5.02 Å². The van der Waals surface area contributed by atoms with E-state index in [9.17, 15) is 9.59 Å². The van der Waals surface area contributed by atoms with Crippen molar-refractivity contribution in [2.75, 3.05) is 7.11 Å². The minimum atomic E-state index is -2.14. The van der Waals surface area contributed by atoms with Crippen molar-refractivity contribution in [1.29, 1.82) is 0 Å². The fraction of sp³-hybridized carbons (Fsp3) is 0.200. The Morgan fingerprint density at radius 3 is 2.24 bits per heavy atom. The van der Waals surface area contributed by atoms with Gasteiger partial charge in [-0.15, -0.1) is 0 Å². The molecule has 17 heavy (non-hydrogen) atoms. The summed E-state index contributed by atoms with van der Waals surface area (Å²) in [5, 5.41) is 0.270. The number of esters is 1. The number of halogens is 4. The third-order valence-electron chi connectivity index (χ3n) is 1.89. The van der Waals surface area contributed by atoms with Crippen LogP contribution in [-0.2, 0) is 4.74 Å². The number of alkyl halides is 3. The molecule has 0 amide bonds. The van der Waals surface area contributed by atoms with Crippen LogP contribution in [0, 0.1) is 0 Å². The van der Waals surface area contributed by atoms with Gasteiger partial charge in [-0.2, -0.15) is 0 Å². The van der Waals surface area contributed by atoms with Crippen LogP contribution in [0.15, 0.2) is 18.2 Å². The van der Waals surface area contributed by atoms with Crippen LogP contribution in [0.25, 0.3) is 0 Å². The highest BCUT2D eigenvalue weighted by Gasteiger charge is 2.34. The van der Waals surface area contributed by atoms with Gasteiger partial charge < -0.3 is 4.74 Å². The second-order valence-corrected chi connectivity index (χ2v) is 5.73. The summed E-state index contributed by atoms with van der Waals surface area (Å²) in [5.41, 5.74) is -0.0995. The summed E-state index contributed by atoms with van der Waals surface area (Å²) in [6.07, 6.45) is 0. The smallest absolute Gasteiger partial charge is 0.338 e. The molecule has 0 N–H and O–H groups in total. The average molecular weight is 316 g/mol. The Labute approximate surface area is 118 Å². The summed E-state index contributed by atoms with van der Waals surface area (Å²) >= 11 is 22.1. The SMILES string of the molecule is COC(=O)c1cc(Cl)ccc1C(=O)C(Cl)(Cl)Cl. The van der Waals surface area contributed by atoms with E-state index in [1.165, 1.54) is 25.3 Å². The lowest BCUT2D eigenvalue weighted by molar-refractivity contribution is 0.0597. The van der Waals surface area contributed by atoms with Gasteiger partial charge in [-0.3, -0.25) is 4.79 Å². The maximum absolute atomic E-state index is 11.8. The maximum Gasteiger partial charge on any atom is 0.338 e. The second-order valence-electron chi connectivity index (χ2n) is 3.01. The average Bonchev–Trinajstić information content (AvgIpc) is 2.25. The van der Waals surface area contributed by atoms with Gasteiger partial charge in [0.25, 0.3) is 3.79 Å². The molecular weight excluding hydrogens is 310 g/mol. The third kappa shape index (κ3) is 3.49. The largest absolute Gasteiger partial charge is 0.465 e. The van der Waals surface area contributed by atoms with E-state index in [1.54, 1.807) is 0 Å². The number of carbonyl (C=O) groups excluding carboxylic acids is 2. The molecule has 0 atom stereocenters. The van der Waals surface area contributed by atoms with E-state index in [4.69, 9.17) is 46.4 Å². The fourth-order valence-corrected chi connectivity index (χ4v) is 1.62. The van der Waals surface area contributed by atoms with Gasteiger partial charge in [-0.1, -0.05) is 46.4 Å². The molecule has 92 valence electrons. The molecular formula is C10H6Cl4O3. The van der Waals surface area contributed by atoms with Crippen molar-refractivity contribution < 1.29 is 14.3 Å². The lowest BCUT2D eigenvalue weighted by Crippen LogP contribution is -2.22. The second kappa shape index (κ2) is 5.44. The van der Waals surface area contributed by atoms with E-state index in [0.29, 0.717) is 0 Å². The lowest BCUT2D eigenvalue weighted by atomic mass is 10.0. The number of Topliss-reactive ketones (excluding diaryl/α,β-unsaturated/α-hetero) is 1. The van der Waals surface area contributed by atoms with Crippen molar-refractivity contribution in [1.82, 2.24) is 0 Å². The molecule has 0 bridgehead atoms. The van der Waals surface area contributed by atoms with Crippen molar-refractivity contribution in [3.05, 3.63) is 34.3 Å². The van der Waals surface area contributed by atoms with Gasteiger partial charge in [0.05, 0.1) is 12.7 Å². The first-order chi connectivity index (χ1) is 7.77. The Kier molecular flexibility index (Phi) is 4.67. The Balaban J connectivity index is 3.34. The number of methoxy groups -OCH3 is 1. The van der Waals surface area contributed by atoms with Gasteiger partial charge in [-0.25, -0.2) is 4.79 Å². The number of rotatable bonds is 2. The fourth-order valence-electron chi connectivity index (χ4n) is 1.15. The summed E-state index contributed by atoms with van der Waals surface area (Å²) in [4.78, 5) is 23.2.